The first-order valence-corrected chi connectivity index (χ1v) is 3.64. The van der Waals surface area contributed by atoms with Crippen LogP contribution in [0.3, 0.4) is 0 Å². The normalized spacial score (nSPS) is 18.6. The van der Waals surface area contributed by atoms with Gasteiger partial charge in [0.1, 0.15) is 6.29 Å². The Morgan fingerprint density at radius 2 is 1.92 bits per heavy atom. The Morgan fingerprint density at radius 1 is 1.42 bits per heavy atom. The molecule has 1 atom stereocenters. The van der Waals surface area contributed by atoms with Crippen LogP contribution < -0.4 is 0 Å². The van der Waals surface area contributed by atoms with E-state index in [2.05, 4.69) is 0 Å². The van der Waals surface area contributed by atoms with Crippen molar-refractivity contribution in [3.05, 3.63) is 12.2 Å². The zero-order valence-electron chi connectivity index (χ0n) is 6.69. The lowest BCUT2D eigenvalue weighted by Gasteiger charge is -2.14. The Balaban J connectivity index is 2.59. The highest BCUT2D eigenvalue weighted by molar-refractivity contribution is 6.12. The summed E-state index contributed by atoms with van der Waals surface area (Å²) in [6.45, 7) is 1.83. The van der Waals surface area contributed by atoms with Crippen molar-refractivity contribution >= 4 is 18.1 Å². The topological polar surface area (TPSA) is 54.5 Å². The molecule has 0 spiro atoms. The van der Waals surface area contributed by atoms with E-state index in [9.17, 15) is 14.4 Å². The maximum Gasteiger partial charge on any atom is 0.253 e. The smallest absolute Gasteiger partial charge is 0.253 e. The Hall–Kier alpha value is -1.45. The van der Waals surface area contributed by atoms with Gasteiger partial charge < -0.3 is 4.79 Å². The minimum atomic E-state index is -0.339. The van der Waals surface area contributed by atoms with Crippen molar-refractivity contribution in [1.29, 1.82) is 0 Å². The summed E-state index contributed by atoms with van der Waals surface area (Å²) in [4.78, 5) is 33.2. The van der Waals surface area contributed by atoms with E-state index in [1.54, 1.807) is 6.92 Å². The molecule has 0 N–H and O–H groups in total. The summed E-state index contributed by atoms with van der Waals surface area (Å²) < 4.78 is 0. The molecule has 0 saturated heterocycles. The molecule has 1 rings (SSSR count). The third-order valence-corrected chi connectivity index (χ3v) is 1.60. The molecular weight excluding hydrogens is 158 g/mol. The summed E-state index contributed by atoms with van der Waals surface area (Å²) in [5.74, 6) is -0.972. The van der Waals surface area contributed by atoms with Crippen molar-refractivity contribution in [1.82, 2.24) is 4.90 Å². The average molecular weight is 167 g/mol. The molecule has 4 nitrogen and oxygen atoms in total. The van der Waals surface area contributed by atoms with Gasteiger partial charge in [0.2, 0.25) is 0 Å². The fourth-order valence-corrected chi connectivity index (χ4v) is 0.942. The highest BCUT2D eigenvalue weighted by Gasteiger charge is 2.24. The lowest BCUT2D eigenvalue weighted by atomic mass is 10.2. The summed E-state index contributed by atoms with van der Waals surface area (Å²) >= 11 is 0. The van der Waals surface area contributed by atoms with E-state index in [0.29, 0.717) is 0 Å². The molecule has 2 amide bonds. The fraction of sp³-hybridized carbons (Fsp3) is 0.375. The van der Waals surface area contributed by atoms with Crippen LogP contribution in [0.1, 0.15) is 6.92 Å². The van der Waals surface area contributed by atoms with Crippen LogP contribution in [0.25, 0.3) is 0 Å². The first kappa shape index (κ1) is 8.64. The van der Waals surface area contributed by atoms with E-state index in [1.807, 2.05) is 0 Å². The summed E-state index contributed by atoms with van der Waals surface area (Å²) in [6, 6.07) is 0. The third kappa shape index (κ3) is 1.58. The van der Waals surface area contributed by atoms with Crippen molar-refractivity contribution in [2.75, 3.05) is 6.54 Å². The van der Waals surface area contributed by atoms with E-state index >= 15 is 0 Å². The van der Waals surface area contributed by atoms with Gasteiger partial charge in [-0.15, -0.1) is 0 Å². The van der Waals surface area contributed by atoms with Gasteiger partial charge in [-0.2, -0.15) is 0 Å². The summed E-state index contributed by atoms with van der Waals surface area (Å²) in [5.41, 5.74) is 0. The van der Waals surface area contributed by atoms with E-state index in [0.717, 1.165) is 11.2 Å². The van der Waals surface area contributed by atoms with Gasteiger partial charge in [-0.05, 0) is 0 Å². The van der Waals surface area contributed by atoms with Gasteiger partial charge in [-0.1, -0.05) is 6.92 Å². The highest BCUT2D eigenvalue weighted by Crippen LogP contribution is 2.05. The Labute approximate surface area is 69.8 Å². The largest absolute Gasteiger partial charge is 0.303 e. The molecule has 4 heteroatoms. The van der Waals surface area contributed by atoms with Crippen LogP contribution in [0.15, 0.2) is 12.2 Å². The monoisotopic (exact) mass is 167 g/mol. The minimum Gasteiger partial charge on any atom is -0.303 e. The molecule has 0 aliphatic carbocycles. The minimum absolute atomic E-state index is 0.175. The van der Waals surface area contributed by atoms with Crippen LogP contribution in [-0.4, -0.2) is 29.5 Å². The maximum atomic E-state index is 10.9. The number of hydrogen-bond acceptors (Lipinski definition) is 3. The number of nitrogens with zero attached hydrogens (tertiary/aromatic N) is 1. The average Bonchev–Trinajstić information content (AvgIpc) is 2.35. The van der Waals surface area contributed by atoms with E-state index in [1.165, 1.54) is 12.2 Å². The molecule has 64 valence electrons. The number of imide groups is 1. The Kier molecular flexibility index (Phi) is 2.38. The molecule has 0 aromatic rings. The number of amides is 2. The van der Waals surface area contributed by atoms with E-state index < -0.39 is 0 Å². The number of carbonyl (C=O) groups excluding carboxylic acids is 3. The van der Waals surface area contributed by atoms with Crippen molar-refractivity contribution in [3.63, 3.8) is 0 Å². The van der Waals surface area contributed by atoms with Crippen LogP contribution in [0.2, 0.25) is 0 Å². The van der Waals surface area contributed by atoms with Gasteiger partial charge in [0, 0.05) is 24.6 Å². The second kappa shape index (κ2) is 3.30. The maximum absolute atomic E-state index is 10.9. The molecule has 0 bridgehead atoms. The number of rotatable bonds is 3. The number of aldehydes is 1. The first-order valence-electron chi connectivity index (χ1n) is 3.64. The Bertz CT molecular complexity index is 239. The molecule has 0 fully saturated rings. The van der Waals surface area contributed by atoms with Gasteiger partial charge in [-0.3, -0.25) is 14.5 Å². The van der Waals surface area contributed by atoms with Crippen molar-refractivity contribution < 1.29 is 14.4 Å². The van der Waals surface area contributed by atoms with Crippen molar-refractivity contribution in [2.45, 2.75) is 6.92 Å². The predicted molar refractivity (Wildman–Crippen MR) is 41.1 cm³/mol. The first-order chi connectivity index (χ1) is 5.65. The predicted octanol–water partition coefficient (Wildman–Crippen LogP) is -0.254. The van der Waals surface area contributed by atoms with E-state index in [4.69, 9.17) is 0 Å². The fourth-order valence-electron chi connectivity index (χ4n) is 0.942. The van der Waals surface area contributed by atoms with Crippen molar-refractivity contribution in [3.8, 4) is 0 Å². The van der Waals surface area contributed by atoms with Crippen molar-refractivity contribution in [2.24, 2.45) is 5.92 Å². The standard InChI is InChI=1S/C8H9NO3/c1-6(5-10)4-9-7(11)2-3-8(9)12/h2-3,5-6H,4H2,1H3. The van der Waals surface area contributed by atoms with Crippen LogP contribution in [0.5, 0.6) is 0 Å². The molecule has 0 aromatic heterocycles. The SMILES string of the molecule is CC(C=O)CN1C(=O)C=CC1=O. The molecule has 12 heavy (non-hydrogen) atoms. The van der Waals surface area contributed by atoms with Crippen LogP contribution in [0.4, 0.5) is 0 Å². The lowest BCUT2D eigenvalue weighted by molar-refractivity contribution is -0.137. The zero-order chi connectivity index (χ0) is 9.14. The van der Waals surface area contributed by atoms with E-state index in [-0.39, 0.29) is 24.3 Å². The third-order valence-electron chi connectivity index (χ3n) is 1.60. The quantitative estimate of drug-likeness (QED) is 0.430. The molecule has 1 aliphatic heterocycles. The van der Waals surface area contributed by atoms with Crippen LogP contribution in [-0.2, 0) is 14.4 Å². The molecular formula is C8H9NO3. The molecule has 1 aliphatic rings. The van der Waals surface area contributed by atoms with Gasteiger partial charge in [0.15, 0.2) is 0 Å². The second-order valence-corrected chi connectivity index (χ2v) is 2.73. The number of hydrogen-bond donors (Lipinski definition) is 0. The number of carbonyl (C=O) groups is 3. The zero-order valence-corrected chi connectivity index (χ0v) is 6.69. The molecule has 0 saturated carbocycles. The lowest BCUT2D eigenvalue weighted by Crippen LogP contribution is -2.34. The van der Waals surface area contributed by atoms with Crippen LogP contribution >= 0.6 is 0 Å². The molecule has 1 heterocycles. The second-order valence-electron chi connectivity index (χ2n) is 2.73. The summed E-state index contributed by atoms with van der Waals surface area (Å²) in [6.07, 6.45) is 3.14. The Morgan fingerprint density at radius 3 is 2.33 bits per heavy atom. The molecule has 0 aromatic carbocycles. The molecule has 0 radical (unpaired) electrons. The summed E-state index contributed by atoms with van der Waals surface area (Å²) in [7, 11) is 0. The highest BCUT2D eigenvalue weighted by atomic mass is 16.2. The van der Waals surface area contributed by atoms with Crippen LogP contribution in [0, 0.1) is 5.92 Å². The molecule has 1 unspecified atom stereocenters. The van der Waals surface area contributed by atoms with Gasteiger partial charge in [-0.25, -0.2) is 0 Å². The van der Waals surface area contributed by atoms with Gasteiger partial charge in [0.05, 0.1) is 0 Å². The van der Waals surface area contributed by atoms with Gasteiger partial charge in [0.25, 0.3) is 11.8 Å². The van der Waals surface area contributed by atoms with Gasteiger partial charge >= 0.3 is 0 Å². The summed E-state index contributed by atoms with van der Waals surface area (Å²) in [5, 5.41) is 0.